The molecule has 0 bridgehead atoms. The van der Waals surface area contributed by atoms with Crippen LogP contribution in [0.1, 0.15) is 5.56 Å². The summed E-state index contributed by atoms with van der Waals surface area (Å²) in [6, 6.07) is 5.52. The predicted octanol–water partition coefficient (Wildman–Crippen LogP) is 3.74. The Labute approximate surface area is 207 Å². The number of phenols is 1. The van der Waals surface area contributed by atoms with Crippen LogP contribution in [0.5, 0.6) is 5.75 Å². The predicted molar refractivity (Wildman–Crippen MR) is 139 cm³/mol. The fourth-order valence-electron chi connectivity index (χ4n) is 3.28. The number of hydrogen-bond donors (Lipinski definition) is 2. The first-order valence-electron chi connectivity index (χ1n) is 10.7. The van der Waals surface area contributed by atoms with E-state index in [2.05, 4.69) is 15.2 Å². The second-order valence-electron chi connectivity index (χ2n) is 7.28. The summed E-state index contributed by atoms with van der Waals surface area (Å²) in [6.45, 7) is 3.78. The third-order valence-corrected chi connectivity index (χ3v) is 8.68. The Balaban J connectivity index is 1.61. The quantitative estimate of drug-likeness (QED) is 0.626. The summed E-state index contributed by atoms with van der Waals surface area (Å²) < 4.78 is 5.75. The lowest BCUT2D eigenvalue weighted by atomic mass is 10.1. The van der Waals surface area contributed by atoms with E-state index in [4.69, 9.17) is 16.3 Å². The van der Waals surface area contributed by atoms with Gasteiger partial charge < -0.3 is 15.2 Å². The summed E-state index contributed by atoms with van der Waals surface area (Å²) in [6.07, 6.45) is 1.67. The van der Waals surface area contributed by atoms with Crippen LogP contribution in [-0.4, -0.2) is 88.3 Å². The van der Waals surface area contributed by atoms with E-state index < -0.39 is 0 Å². The van der Waals surface area contributed by atoms with Gasteiger partial charge in [-0.3, -0.25) is 14.7 Å². The SMILES string of the molecule is O=C1CSCCSCCSCCN(Cc2cc(Cl)c3cccnc3c2O)CCOCCN1. The van der Waals surface area contributed by atoms with Crippen molar-refractivity contribution in [2.75, 3.05) is 67.4 Å². The number of phenolic OH excluding ortho intramolecular Hbond substituents is 1. The largest absolute Gasteiger partial charge is 0.505 e. The van der Waals surface area contributed by atoms with E-state index in [1.165, 1.54) is 0 Å². The highest BCUT2D eigenvalue weighted by Gasteiger charge is 2.15. The van der Waals surface area contributed by atoms with Gasteiger partial charge in [-0.15, -0.1) is 0 Å². The van der Waals surface area contributed by atoms with Crippen LogP contribution in [0.2, 0.25) is 5.02 Å². The number of hydrogen-bond acceptors (Lipinski definition) is 8. The van der Waals surface area contributed by atoms with Crippen molar-refractivity contribution in [3.63, 3.8) is 0 Å². The van der Waals surface area contributed by atoms with Crippen LogP contribution >= 0.6 is 46.9 Å². The molecule has 176 valence electrons. The lowest BCUT2D eigenvalue weighted by molar-refractivity contribution is -0.118. The van der Waals surface area contributed by atoms with Crippen molar-refractivity contribution in [1.82, 2.24) is 15.2 Å². The van der Waals surface area contributed by atoms with E-state index in [0.29, 0.717) is 42.6 Å². The first kappa shape index (κ1) is 25.8. The molecule has 0 spiro atoms. The molecule has 32 heavy (non-hydrogen) atoms. The smallest absolute Gasteiger partial charge is 0.230 e. The van der Waals surface area contributed by atoms with Crippen LogP contribution in [0, 0.1) is 0 Å². The van der Waals surface area contributed by atoms with Gasteiger partial charge in [0.05, 0.1) is 24.0 Å². The van der Waals surface area contributed by atoms with Crippen LogP contribution in [0.25, 0.3) is 10.9 Å². The minimum Gasteiger partial charge on any atom is -0.505 e. The fraction of sp³-hybridized carbons (Fsp3) is 0.545. The summed E-state index contributed by atoms with van der Waals surface area (Å²) in [7, 11) is 0. The van der Waals surface area contributed by atoms with Gasteiger partial charge in [0.25, 0.3) is 0 Å². The van der Waals surface area contributed by atoms with Crippen LogP contribution in [0.4, 0.5) is 0 Å². The number of carbonyl (C=O) groups is 1. The van der Waals surface area contributed by atoms with E-state index in [-0.39, 0.29) is 11.7 Å². The molecular weight excluding hydrogens is 486 g/mol. The van der Waals surface area contributed by atoms with Gasteiger partial charge in [0.15, 0.2) is 0 Å². The molecule has 1 saturated heterocycles. The van der Waals surface area contributed by atoms with Crippen LogP contribution < -0.4 is 5.32 Å². The molecule has 1 amide bonds. The Morgan fingerprint density at radius 2 is 1.91 bits per heavy atom. The first-order valence-corrected chi connectivity index (χ1v) is 14.5. The fourth-order valence-corrected chi connectivity index (χ4v) is 6.67. The molecule has 1 aliphatic rings. The Kier molecular flexibility index (Phi) is 11.6. The van der Waals surface area contributed by atoms with Crippen molar-refractivity contribution < 1.29 is 14.6 Å². The summed E-state index contributed by atoms with van der Waals surface area (Å²) in [5.41, 5.74) is 1.31. The van der Waals surface area contributed by atoms with Crippen LogP contribution in [0.3, 0.4) is 0 Å². The Morgan fingerprint density at radius 1 is 1.12 bits per heavy atom. The summed E-state index contributed by atoms with van der Waals surface area (Å²) in [5.74, 6) is 6.09. The summed E-state index contributed by atoms with van der Waals surface area (Å²) in [5, 5.41) is 15.0. The molecular formula is C22H30ClN3O3S3. The molecule has 0 unspecified atom stereocenters. The van der Waals surface area contributed by atoms with E-state index in [1.807, 2.05) is 41.7 Å². The molecule has 2 N–H and O–H groups in total. The number of carbonyl (C=O) groups excluding carboxylic acids is 1. The van der Waals surface area contributed by atoms with E-state index in [0.717, 1.165) is 52.8 Å². The maximum absolute atomic E-state index is 11.8. The number of amides is 1. The molecule has 1 aliphatic heterocycles. The van der Waals surface area contributed by atoms with E-state index in [1.54, 1.807) is 18.0 Å². The lowest BCUT2D eigenvalue weighted by Crippen LogP contribution is -2.32. The molecule has 2 aromatic rings. The van der Waals surface area contributed by atoms with Crippen molar-refractivity contribution in [3.8, 4) is 5.75 Å². The number of pyridine rings is 1. The number of halogens is 1. The van der Waals surface area contributed by atoms with Gasteiger partial charge in [-0.2, -0.15) is 35.3 Å². The van der Waals surface area contributed by atoms with Gasteiger partial charge in [0, 0.05) is 72.1 Å². The number of nitrogens with zero attached hydrogens (tertiary/aromatic N) is 2. The third kappa shape index (κ3) is 8.50. The van der Waals surface area contributed by atoms with Crippen molar-refractivity contribution in [2.45, 2.75) is 6.54 Å². The van der Waals surface area contributed by atoms with Gasteiger partial charge in [-0.1, -0.05) is 11.6 Å². The number of thioether (sulfide) groups is 3. The number of aromatic hydroxyl groups is 1. The average Bonchev–Trinajstić information content (AvgIpc) is 2.79. The summed E-state index contributed by atoms with van der Waals surface area (Å²) >= 11 is 12.0. The van der Waals surface area contributed by atoms with E-state index in [9.17, 15) is 9.90 Å². The van der Waals surface area contributed by atoms with Crippen molar-refractivity contribution in [3.05, 3.63) is 35.0 Å². The van der Waals surface area contributed by atoms with Gasteiger partial charge in [0.1, 0.15) is 11.3 Å². The first-order chi connectivity index (χ1) is 15.6. The molecule has 2 heterocycles. The molecule has 0 radical (unpaired) electrons. The van der Waals surface area contributed by atoms with Crippen molar-refractivity contribution >= 4 is 63.7 Å². The number of fused-ring (bicyclic) bond motifs is 1. The minimum atomic E-state index is 0.0687. The Morgan fingerprint density at radius 3 is 2.75 bits per heavy atom. The van der Waals surface area contributed by atoms with Crippen LogP contribution in [-0.2, 0) is 16.1 Å². The monoisotopic (exact) mass is 515 g/mol. The highest BCUT2D eigenvalue weighted by molar-refractivity contribution is 8.04. The molecule has 1 aromatic carbocycles. The van der Waals surface area contributed by atoms with E-state index >= 15 is 0 Å². The molecule has 6 nitrogen and oxygen atoms in total. The zero-order valence-electron chi connectivity index (χ0n) is 18.1. The second kappa shape index (κ2) is 14.4. The summed E-state index contributed by atoms with van der Waals surface area (Å²) in [4.78, 5) is 18.4. The normalized spacial score (nSPS) is 19.2. The maximum Gasteiger partial charge on any atom is 0.230 e. The zero-order chi connectivity index (χ0) is 22.6. The number of nitrogens with one attached hydrogen (secondary N) is 1. The Hall–Kier alpha value is -0.840. The standard InChI is InChI=1S/C22H30ClN3O3S3/c23-19-14-17(22(28)21-18(19)2-1-3-25-21)15-26-5-8-29-7-4-24-20(27)16-32-13-12-31-11-10-30-9-6-26/h1-3,14,28H,4-13,15-16H2,(H,24,27). The second-order valence-corrected chi connectivity index (χ2v) is 11.2. The highest BCUT2D eigenvalue weighted by atomic mass is 35.5. The van der Waals surface area contributed by atoms with Gasteiger partial charge in [-0.25, -0.2) is 0 Å². The number of benzene rings is 1. The van der Waals surface area contributed by atoms with Gasteiger partial charge >= 0.3 is 0 Å². The van der Waals surface area contributed by atoms with Gasteiger partial charge in [-0.05, 0) is 18.2 Å². The minimum absolute atomic E-state index is 0.0687. The van der Waals surface area contributed by atoms with Gasteiger partial charge in [0.2, 0.25) is 5.91 Å². The lowest BCUT2D eigenvalue weighted by Gasteiger charge is -2.23. The molecule has 1 aromatic heterocycles. The van der Waals surface area contributed by atoms with Crippen LogP contribution in [0.15, 0.2) is 24.4 Å². The number of ether oxygens (including phenoxy) is 1. The highest BCUT2D eigenvalue weighted by Crippen LogP contribution is 2.33. The zero-order valence-corrected chi connectivity index (χ0v) is 21.3. The number of rotatable bonds is 2. The average molecular weight is 516 g/mol. The third-order valence-electron chi connectivity index (χ3n) is 4.94. The molecule has 1 fully saturated rings. The molecule has 3 rings (SSSR count). The maximum atomic E-state index is 11.8. The van der Waals surface area contributed by atoms with Crippen molar-refractivity contribution in [1.29, 1.82) is 0 Å². The number of aromatic nitrogens is 1. The molecule has 0 aliphatic carbocycles. The van der Waals surface area contributed by atoms with Crippen molar-refractivity contribution in [2.24, 2.45) is 0 Å². The topological polar surface area (TPSA) is 74.7 Å². The Bertz CT molecular complexity index is 875. The molecule has 0 saturated carbocycles. The molecule has 10 heteroatoms. The molecule has 0 atom stereocenters.